The number of hydrogen-bond donors (Lipinski definition) is 1. The third-order valence-corrected chi connectivity index (χ3v) is 5.28. The number of Topliss-reactive ketones (excluding diaryl/α,β-unsaturated/α-hetero) is 1. The van der Waals surface area contributed by atoms with Crippen molar-refractivity contribution in [2.24, 2.45) is 10.7 Å². The molecule has 2 N–H and O–H groups in total. The topological polar surface area (TPSA) is 77.6 Å². The van der Waals surface area contributed by atoms with Crippen LogP contribution < -0.4 is 5.73 Å². The molecule has 1 aliphatic heterocycles. The summed E-state index contributed by atoms with van der Waals surface area (Å²) in [5, 5.41) is 0.434. The van der Waals surface area contributed by atoms with E-state index in [2.05, 4.69) is 9.98 Å². The summed E-state index contributed by atoms with van der Waals surface area (Å²) in [4.78, 5) is 20.5. The molecule has 2 heterocycles. The Labute approximate surface area is 159 Å². The Balaban J connectivity index is 1.68. The summed E-state index contributed by atoms with van der Waals surface area (Å²) < 4.78 is 34.2. The molecule has 0 bridgehead atoms. The normalized spacial score (nSPS) is 22.9. The van der Waals surface area contributed by atoms with Crippen molar-refractivity contribution >= 4 is 23.4 Å². The molecule has 0 unspecified atom stereocenters. The van der Waals surface area contributed by atoms with Gasteiger partial charge in [-0.15, -0.1) is 0 Å². The summed E-state index contributed by atoms with van der Waals surface area (Å²) in [6, 6.07) is 8.07. The Morgan fingerprint density at radius 2 is 2.11 bits per heavy atom. The largest absolute Gasteiger partial charge is 0.459 e. The maximum Gasteiger partial charge on any atom is 0.310 e. The maximum absolute atomic E-state index is 14.7. The van der Waals surface area contributed by atoms with Crippen LogP contribution in [0.5, 0.6) is 0 Å². The number of nitrogens with two attached hydrogens (primary N) is 1. The quantitative estimate of drug-likeness (QED) is 0.814. The maximum atomic E-state index is 14.7. The van der Waals surface area contributed by atoms with Gasteiger partial charge in [-0.3, -0.25) is 9.78 Å². The van der Waals surface area contributed by atoms with Gasteiger partial charge in [0.1, 0.15) is 5.69 Å². The zero-order valence-corrected chi connectivity index (χ0v) is 15.0. The molecule has 2 aromatic rings. The minimum absolute atomic E-state index is 0.0409. The van der Waals surface area contributed by atoms with Crippen LogP contribution in [0.3, 0.4) is 0 Å². The second-order valence-electron chi connectivity index (χ2n) is 6.76. The predicted molar refractivity (Wildman–Crippen MR) is 96.2 cm³/mol. The molecule has 1 atom stereocenters. The van der Waals surface area contributed by atoms with E-state index < -0.39 is 18.1 Å². The molecule has 0 saturated heterocycles. The molecule has 8 heteroatoms. The summed E-state index contributed by atoms with van der Waals surface area (Å²) in [6.07, 6.45) is 2.05. The Hall–Kier alpha value is -2.54. The number of ether oxygens (including phenoxy) is 1. The van der Waals surface area contributed by atoms with Gasteiger partial charge in [-0.1, -0.05) is 29.8 Å². The number of halogens is 3. The number of carbonyl (C=O) groups excluding carboxylic acids is 1. The number of hydrogen-bond acceptors (Lipinski definition) is 5. The lowest BCUT2D eigenvalue weighted by atomic mass is 9.84. The highest BCUT2D eigenvalue weighted by Crippen LogP contribution is 2.52. The van der Waals surface area contributed by atoms with Gasteiger partial charge in [-0.2, -0.15) is 8.78 Å². The molecule has 5 nitrogen and oxygen atoms in total. The first-order chi connectivity index (χ1) is 12.8. The highest BCUT2D eigenvalue weighted by molar-refractivity contribution is 6.30. The molecule has 0 saturated carbocycles. The standard InChI is InChI=1S/C19H16ClF2N3O2/c20-13-3-4-15(24-9-13)16(26)8-11-1-2-12-5-6-18(14(12)7-11)19(21,22)10-27-17(23)25-18/h1-4,7,9H,5-6,8,10H2,(H2,23,25)/t18-/m1/s1. The van der Waals surface area contributed by atoms with Gasteiger partial charge in [0.05, 0.1) is 5.02 Å². The fraction of sp³-hybridized carbons (Fsp3) is 0.316. The molecule has 1 spiro atoms. The third kappa shape index (κ3) is 2.96. The van der Waals surface area contributed by atoms with Crippen molar-refractivity contribution in [1.82, 2.24) is 4.98 Å². The van der Waals surface area contributed by atoms with Crippen LogP contribution in [0.15, 0.2) is 41.5 Å². The van der Waals surface area contributed by atoms with Crippen molar-refractivity contribution < 1.29 is 18.3 Å². The first-order valence-corrected chi connectivity index (χ1v) is 8.81. The van der Waals surface area contributed by atoms with Crippen LogP contribution in [-0.4, -0.2) is 29.3 Å². The molecular formula is C19H16ClF2N3O2. The van der Waals surface area contributed by atoms with Gasteiger partial charge in [0, 0.05) is 12.6 Å². The molecule has 0 amide bonds. The van der Waals surface area contributed by atoms with Crippen LogP contribution >= 0.6 is 11.6 Å². The lowest BCUT2D eigenvalue weighted by molar-refractivity contribution is -0.121. The van der Waals surface area contributed by atoms with Crippen LogP contribution in [0.4, 0.5) is 8.78 Å². The number of alkyl halides is 2. The van der Waals surface area contributed by atoms with Crippen LogP contribution in [0.2, 0.25) is 5.02 Å². The van der Waals surface area contributed by atoms with E-state index in [0.29, 0.717) is 22.6 Å². The second kappa shape index (κ2) is 6.27. The molecule has 1 aromatic carbocycles. The molecular weight excluding hydrogens is 376 g/mol. The number of benzene rings is 1. The smallest absolute Gasteiger partial charge is 0.310 e. The molecule has 1 aliphatic carbocycles. The summed E-state index contributed by atoms with van der Waals surface area (Å²) in [5.74, 6) is -3.40. The zero-order valence-electron chi connectivity index (χ0n) is 14.2. The number of nitrogens with zero attached hydrogens (tertiary/aromatic N) is 2. The molecule has 4 rings (SSSR count). The van der Waals surface area contributed by atoms with Crippen molar-refractivity contribution in [2.75, 3.05) is 6.61 Å². The lowest BCUT2D eigenvalue weighted by Gasteiger charge is -2.37. The van der Waals surface area contributed by atoms with Crippen molar-refractivity contribution in [3.05, 3.63) is 63.9 Å². The summed E-state index contributed by atoms with van der Waals surface area (Å²) in [5.41, 5.74) is 5.95. The monoisotopic (exact) mass is 391 g/mol. The van der Waals surface area contributed by atoms with Crippen molar-refractivity contribution in [3.63, 3.8) is 0 Å². The van der Waals surface area contributed by atoms with Gasteiger partial charge in [-0.25, -0.2) is 4.99 Å². The minimum Gasteiger partial charge on any atom is -0.459 e. The molecule has 0 fully saturated rings. The van der Waals surface area contributed by atoms with Crippen LogP contribution in [-0.2, 0) is 23.1 Å². The molecule has 2 aliphatic rings. The highest BCUT2D eigenvalue weighted by Gasteiger charge is 2.60. The zero-order chi connectivity index (χ0) is 19.2. The average Bonchev–Trinajstić information content (AvgIpc) is 2.99. The first-order valence-electron chi connectivity index (χ1n) is 8.44. The van der Waals surface area contributed by atoms with Crippen molar-refractivity contribution in [1.29, 1.82) is 0 Å². The van der Waals surface area contributed by atoms with E-state index in [4.69, 9.17) is 22.1 Å². The number of rotatable bonds is 3. The summed E-state index contributed by atoms with van der Waals surface area (Å²) in [7, 11) is 0. The number of aromatic nitrogens is 1. The Bertz CT molecular complexity index is 946. The van der Waals surface area contributed by atoms with Crippen LogP contribution in [0.1, 0.15) is 33.6 Å². The number of pyridine rings is 1. The number of amidine groups is 1. The molecule has 140 valence electrons. The van der Waals surface area contributed by atoms with Gasteiger partial charge >= 0.3 is 5.92 Å². The SMILES string of the molecule is NC1=N[C@@]2(CCc3ccc(CC(=O)c4ccc(Cl)cn4)cc32)C(F)(F)CO1. The Morgan fingerprint density at radius 1 is 1.30 bits per heavy atom. The van der Waals surface area contributed by atoms with E-state index >= 15 is 0 Å². The number of aliphatic imine (C=N–C) groups is 1. The Kier molecular flexibility index (Phi) is 4.14. The van der Waals surface area contributed by atoms with Gasteiger partial charge in [-0.05, 0) is 41.7 Å². The first kappa shape index (κ1) is 17.9. The van der Waals surface area contributed by atoms with E-state index in [0.717, 1.165) is 5.56 Å². The Morgan fingerprint density at radius 3 is 2.85 bits per heavy atom. The average molecular weight is 392 g/mol. The molecule has 1 aromatic heterocycles. The van der Waals surface area contributed by atoms with E-state index in [1.807, 2.05) is 0 Å². The number of ketones is 1. The van der Waals surface area contributed by atoms with Gasteiger partial charge in [0.15, 0.2) is 17.9 Å². The molecule has 0 radical (unpaired) electrons. The van der Waals surface area contributed by atoms with Gasteiger partial charge in [0.25, 0.3) is 6.02 Å². The van der Waals surface area contributed by atoms with Crippen molar-refractivity contribution in [2.45, 2.75) is 30.7 Å². The fourth-order valence-electron chi connectivity index (χ4n) is 3.69. The molecule has 27 heavy (non-hydrogen) atoms. The number of fused-ring (bicyclic) bond motifs is 2. The van der Waals surface area contributed by atoms with Crippen molar-refractivity contribution in [3.8, 4) is 0 Å². The summed E-state index contributed by atoms with van der Waals surface area (Å²) >= 11 is 5.78. The second-order valence-corrected chi connectivity index (χ2v) is 7.19. The van der Waals surface area contributed by atoms with Crippen LogP contribution in [0, 0.1) is 0 Å². The summed E-state index contributed by atoms with van der Waals surface area (Å²) in [6.45, 7) is -0.806. The van der Waals surface area contributed by atoms with E-state index in [1.54, 1.807) is 24.3 Å². The predicted octanol–water partition coefficient (Wildman–Crippen LogP) is 3.28. The highest BCUT2D eigenvalue weighted by atomic mass is 35.5. The third-order valence-electron chi connectivity index (χ3n) is 5.06. The van der Waals surface area contributed by atoms with Gasteiger partial charge in [0.2, 0.25) is 0 Å². The minimum atomic E-state index is -3.18. The van der Waals surface area contributed by atoms with E-state index in [-0.39, 0.29) is 30.3 Å². The lowest BCUT2D eigenvalue weighted by Crippen LogP contribution is -2.51. The number of carbonyl (C=O) groups is 1. The van der Waals surface area contributed by atoms with Gasteiger partial charge < -0.3 is 10.5 Å². The van der Waals surface area contributed by atoms with E-state index in [1.165, 1.54) is 12.3 Å². The van der Waals surface area contributed by atoms with E-state index in [9.17, 15) is 13.6 Å². The van der Waals surface area contributed by atoms with Crippen LogP contribution in [0.25, 0.3) is 0 Å². The number of aryl methyl sites for hydroxylation is 1. The fourth-order valence-corrected chi connectivity index (χ4v) is 3.80.